The highest BCUT2D eigenvalue weighted by atomic mass is 16.4. The van der Waals surface area contributed by atoms with Crippen LogP contribution in [0.2, 0.25) is 0 Å². The summed E-state index contributed by atoms with van der Waals surface area (Å²) >= 11 is 0. The molecule has 0 heterocycles. The molecule has 1 atom stereocenters. The van der Waals surface area contributed by atoms with Gasteiger partial charge in [0.05, 0.1) is 0 Å². The van der Waals surface area contributed by atoms with Gasteiger partial charge in [0.25, 0.3) is 0 Å². The van der Waals surface area contributed by atoms with Crippen molar-refractivity contribution in [1.82, 2.24) is 10.2 Å². The van der Waals surface area contributed by atoms with E-state index in [9.17, 15) is 9.59 Å². The lowest BCUT2D eigenvalue weighted by Crippen LogP contribution is -2.48. The Balaban J connectivity index is 2.43. The van der Waals surface area contributed by atoms with Crippen LogP contribution in [0.5, 0.6) is 0 Å². The summed E-state index contributed by atoms with van der Waals surface area (Å²) in [5, 5.41) is 11.7. The summed E-state index contributed by atoms with van der Waals surface area (Å²) in [5.41, 5.74) is 0. The fourth-order valence-corrected chi connectivity index (χ4v) is 2.18. The van der Waals surface area contributed by atoms with Crippen LogP contribution in [0, 0.1) is 0 Å². The number of nitrogens with zero attached hydrogens (tertiary/aromatic N) is 1. The van der Waals surface area contributed by atoms with Crippen molar-refractivity contribution < 1.29 is 14.7 Å². The van der Waals surface area contributed by atoms with Crippen molar-refractivity contribution in [3.63, 3.8) is 0 Å². The van der Waals surface area contributed by atoms with E-state index in [0.29, 0.717) is 13.0 Å². The molecule has 1 aliphatic rings. The molecule has 2 amide bonds. The molecule has 19 heavy (non-hydrogen) atoms. The van der Waals surface area contributed by atoms with Crippen LogP contribution in [0.25, 0.3) is 0 Å². The first-order valence-electron chi connectivity index (χ1n) is 6.94. The molecule has 5 heteroatoms. The van der Waals surface area contributed by atoms with Gasteiger partial charge >= 0.3 is 12.0 Å². The molecule has 0 radical (unpaired) electrons. The molecule has 0 saturated heterocycles. The van der Waals surface area contributed by atoms with Crippen molar-refractivity contribution >= 4 is 12.0 Å². The second kappa shape index (κ2) is 7.81. The quantitative estimate of drug-likeness (QED) is 0.727. The Hall–Kier alpha value is -1.52. The van der Waals surface area contributed by atoms with Gasteiger partial charge in [-0.1, -0.05) is 12.2 Å². The lowest BCUT2D eigenvalue weighted by molar-refractivity contribution is -0.137. The topological polar surface area (TPSA) is 69.6 Å². The number of urea groups is 1. The molecule has 108 valence electrons. The number of nitrogens with one attached hydrogen (secondary N) is 1. The third-order valence-electron chi connectivity index (χ3n) is 3.27. The number of rotatable bonds is 6. The van der Waals surface area contributed by atoms with Crippen molar-refractivity contribution in [3.8, 4) is 0 Å². The van der Waals surface area contributed by atoms with Gasteiger partial charge in [0.1, 0.15) is 0 Å². The van der Waals surface area contributed by atoms with Crippen LogP contribution in [0.15, 0.2) is 12.2 Å². The minimum Gasteiger partial charge on any atom is -0.481 e. The first-order chi connectivity index (χ1) is 9.00. The molecule has 0 spiro atoms. The molecule has 2 N–H and O–H groups in total. The van der Waals surface area contributed by atoms with Crippen molar-refractivity contribution in [3.05, 3.63) is 12.2 Å². The molecule has 0 saturated carbocycles. The van der Waals surface area contributed by atoms with Gasteiger partial charge in [0, 0.05) is 25.0 Å². The van der Waals surface area contributed by atoms with Gasteiger partial charge < -0.3 is 15.3 Å². The van der Waals surface area contributed by atoms with Gasteiger partial charge in [-0.25, -0.2) is 4.79 Å². The highest BCUT2D eigenvalue weighted by molar-refractivity contribution is 5.75. The van der Waals surface area contributed by atoms with Gasteiger partial charge in [0.2, 0.25) is 0 Å². The predicted octanol–water partition coefficient (Wildman–Crippen LogP) is 2.38. The molecule has 1 aliphatic carbocycles. The minimum absolute atomic E-state index is 0.0768. The van der Waals surface area contributed by atoms with E-state index in [1.165, 1.54) is 0 Å². The number of carbonyl (C=O) groups is 2. The van der Waals surface area contributed by atoms with Crippen molar-refractivity contribution in [2.75, 3.05) is 6.54 Å². The van der Waals surface area contributed by atoms with E-state index >= 15 is 0 Å². The summed E-state index contributed by atoms with van der Waals surface area (Å²) in [6.07, 6.45) is 7.68. The van der Waals surface area contributed by atoms with Crippen LogP contribution in [0.4, 0.5) is 4.79 Å². The van der Waals surface area contributed by atoms with Crippen LogP contribution < -0.4 is 5.32 Å². The van der Waals surface area contributed by atoms with Crippen molar-refractivity contribution in [2.24, 2.45) is 0 Å². The molecule has 0 aliphatic heterocycles. The Morgan fingerprint density at radius 2 is 2.16 bits per heavy atom. The number of aliphatic carboxylic acids is 1. The second-order valence-corrected chi connectivity index (χ2v) is 5.22. The molecule has 0 aromatic carbocycles. The van der Waals surface area contributed by atoms with Gasteiger partial charge in [-0.2, -0.15) is 0 Å². The summed E-state index contributed by atoms with van der Waals surface area (Å²) in [5.74, 6) is -0.818. The van der Waals surface area contributed by atoms with Crippen molar-refractivity contribution in [2.45, 2.75) is 58.0 Å². The predicted molar refractivity (Wildman–Crippen MR) is 74.0 cm³/mol. The largest absolute Gasteiger partial charge is 0.481 e. The third-order valence-corrected chi connectivity index (χ3v) is 3.27. The summed E-state index contributed by atoms with van der Waals surface area (Å²) in [6.45, 7) is 4.38. The van der Waals surface area contributed by atoms with Crippen LogP contribution in [0.1, 0.15) is 46.0 Å². The number of carbonyl (C=O) groups excluding carboxylic acids is 1. The van der Waals surface area contributed by atoms with E-state index in [0.717, 1.165) is 19.3 Å². The zero-order chi connectivity index (χ0) is 14.3. The summed E-state index contributed by atoms with van der Waals surface area (Å²) in [4.78, 5) is 24.4. The normalized spacial score (nSPS) is 18.4. The SMILES string of the molecule is CC(C)N(CCCC(=O)O)C(=O)NC1CC=CCC1. The number of hydrogen-bond donors (Lipinski definition) is 2. The molecular formula is C14H24N2O3. The highest BCUT2D eigenvalue weighted by Gasteiger charge is 2.20. The van der Waals surface area contributed by atoms with Crippen LogP contribution in [0.3, 0.4) is 0 Å². The zero-order valence-electron chi connectivity index (χ0n) is 11.8. The molecule has 0 bridgehead atoms. The van der Waals surface area contributed by atoms with Crippen LogP contribution in [-0.2, 0) is 4.79 Å². The molecule has 1 rings (SSSR count). The minimum atomic E-state index is -0.818. The van der Waals surface area contributed by atoms with Crippen LogP contribution in [-0.4, -0.2) is 40.6 Å². The Labute approximate surface area is 114 Å². The smallest absolute Gasteiger partial charge is 0.317 e. The number of carboxylic acids is 1. The lowest BCUT2D eigenvalue weighted by Gasteiger charge is -2.29. The Morgan fingerprint density at radius 1 is 1.42 bits per heavy atom. The maximum Gasteiger partial charge on any atom is 0.317 e. The van der Waals surface area contributed by atoms with Crippen molar-refractivity contribution in [1.29, 1.82) is 0 Å². The Morgan fingerprint density at radius 3 is 2.68 bits per heavy atom. The number of amides is 2. The average Bonchev–Trinajstić information content (AvgIpc) is 2.35. The zero-order valence-corrected chi connectivity index (χ0v) is 11.8. The number of allylic oxidation sites excluding steroid dienone is 1. The van der Waals surface area contributed by atoms with Gasteiger partial charge in [0.15, 0.2) is 0 Å². The Bertz CT molecular complexity index is 340. The van der Waals surface area contributed by atoms with E-state index in [1.807, 2.05) is 13.8 Å². The highest BCUT2D eigenvalue weighted by Crippen LogP contribution is 2.12. The molecule has 0 aromatic rings. The second-order valence-electron chi connectivity index (χ2n) is 5.22. The van der Waals surface area contributed by atoms with Gasteiger partial charge in [-0.3, -0.25) is 4.79 Å². The first-order valence-corrected chi connectivity index (χ1v) is 6.94. The summed E-state index contributed by atoms with van der Waals surface area (Å²) < 4.78 is 0. The summed E-state index contributed by atoms with van der Waals surface area (Å²) in [6, 6.07) is 0.201. The fourth-order valence-electron chi connectivity index (χ4n) is 2.18. The first kappa shape index (κ1) is 15.5. The third kappa shape index (κ3) is 5.77. The lowest BCUT2D eigenvalue weighted by atomic mass is 10.0. The van der Waals surface area contributed by atoms with Gasteiger partial charge in [-0.05, 0) is 39.5 Å². The molecule has 1 unspecified atom stereocenters. The maximum absolute atomic E-state index is 12.2. The summed E-state index contributed by atoms with van der Waals surface area (Å²) in [7, 11) is 0. The Kier molecular flexibility index (Phi) is 6.39. The molecule has 0 fully saturated rings. The van der Waals surface area contributed by atoms with E-state index in [4.69, 9.17) is 5.11 Å². The van der Waals surface area contributed by atoms with E-state index < -0.39 is 5.97 Å². The van der Waals surface area contributed by atoms with Crippen LogP contribution >= 0.6 is 0 Å². The number of hydrogen-bond acceptors (Lipinski definition) is 2. The molecular weight excluding hydrogens is 244 g/mol. The van der Waals surface area contributed by atoms with E-state index in [-0.39, 0.29) is 24.5 Å². The number of carboxylic acid groups (broad SMARTS) is 1. The van der Waals surface area contributed by atoms with Gasteiger partial charge in [-0.15, -0.1) is 0 Å². The fraction of sp³-hybridized carbons (Fsp3) is 0.714. The molecule has 5 nitrogen and oxygen atoms in total. The molecule has 0 aromatic heterocycles. The van der Waals surface area contributed by atoms with E-state index in [2.05, 4.69) is 17.5 Å². The maximum atomic E-state index is 12.2. The van der Waals surface area contributed by atoms with E-state index in [1.54, 1.807) is 4.90 Å². The standard InChI is InChI=1S/C14H24N2O3/c1-11(2)16(10-6-9-13(17)18)14(19)15-12-7-4-3-5-8-12/h3-4,11-12H,5-10H2,1-2H3,(H,15,19)(H,17,18). The average molecular weight is 268 g/mol. The monoisotopic (exact) mass is 268 g/mol.